The maximum absolute atomic E-state index is 2.40. The van der Waals surface area contributed by atoms with E-state index in [0.29, 0.717) is 0 Å². The van der Waals surface area contributed by atoms with E-state index in [9.17, 15) is 0 Å². The van der Waals surface area contributed by atoms with Crippen molar-refractivity contribution in [2.45, 2.75) is 349 Å². The van der Waals surface area contributed by atoms with Crippen LogP contribution in [0.1, 0.15) is 349 Å². The first kappa shape index (κ1) is 84.1. The van der Waals surface area contributed by atoms with E-state index in [1.54, 1.807) is 0 Å². The van der Waals surface area contributed by atoms with Crippen LogP contribution in [0.2, 0.25) is 0 Å². The molecule has 0 rings (SSSR count). The molecule has 72 heavy (non-hydrogen) atoms. The third-order valence-corrected chi connectivity index (χ3v) is 15.1. The van der Waals surface area contributed by atoms with E-state index in [1.165, 1.54) is 352 Å². The van der Waals surface area contributed by atoms with Crippen molar-refractivity contribution in [1.82, 2.24) is 0 Å². The third kappa shape index (κ3) is 87.4. The highest BCUT2D eigenvalue weighted by Crippen LogP contribution is 2.17. The maximum Gasteiger partial charge on any atom is 0.0782 e. The van der Waals surface area contributed by atoms with Crippen molar-refractivity contribution < 1.29 is 50.7 Å². The molecule has 0 aliphatic heterocycles. The lowest BCUT2D eigenvalue weighted by molar-refractivity contribution is -0.890. The average molecular weight is 1090 g/mol. The van der Waals surface area contributed by atoms with Gasteiger partial charge in [0.1, 0.15) is 0 Å². The third-order valence-electron chi connectivity index (χ3n) is 15.1. The van der Waals surface area contributed by atoms with Crippen molar-refractivity contribution in [3.8, 4) is 0 Å². The topological polar surface area (TPSA) is 0 Å². The molecule has 0 unspecified atom stereocenters. The van der Waals surface area contributed by atoms with Gasteiger partial charge in [0, 0.05) is 0 Å². The van der Waals surface area contributed by atoms with Gasteiger partial charge < -0.3 is 50.7 Å². The molecule has 3 nitrogen and oxygen atoms in total. The van der Waals surface area contributed by atoms with E-state index in [2.05, 4.69) is 84.1 Å². The zero-order valence-corrected chi connectivity index (χ0v) is 54.9. The van der Waals surface area contributed by atoms with Gasteiger partial charge in [-0.3, -0.25) is 0 Å². The molecular formula is C66H144Cl3N3. The molecule has 0 fully saturated rings. The van der Waals surface area contributed by atoms with Crippen LogP contribution in [0.4, 0.5) is 0 Å². The number of rotatable bonds is 54. The Morgan fingerprint density at radius 2 is 0.278 bits per heavy atom. The largest absolute Gasteiger partial charge is 1.00 e. The van der Waals surface area contributed by atoms with Crippen molar-refractivity contribution in [2.24, 2.45) is 0 Å². The minimum atomic E-state index is 0. The molecule has 0 aromatic heterocycles. The molecule has 0 saturated heterocycles. The summed E-state index contributed by atoms with van der Waals surface area (Å²) in [6.07, 6.45) is 72.8. The molecule has 6 heteroatoms. The van der Waals surface area contributed by atoms with Gasteiger partial charge in [-0.2, -0.15) is 0 Å². The summed E-state index contributed by atoms with van der Waals surface area (Å²) in [5, 5.41) is 0. The van der Waals surface area contributed by atoms with E-state index in [0.717, 1.165) is 8.97 Å². The fraction of sp³-hybridized carbons (Fsp3) is 1.00. The normalized spacial score (nSPS) is 11.5. The summed E-state index contributed by atoms with van der Waals surface area (Å²) in [6, 6.07) is 0. The Morgan fingerprint density at radius 3 is 0.431 bits per heavy atom. The van der Waals surface area contributed by atoms with Gasteiger partial charge in [-0.1, -0.05) is 304 Å². The predicted octanol–water partition coefficient (Wildman–Crippen LogP) is 13.0. The molecule has 0 heterocycles. The number of hydrogen-bond acceptors (Lipinski definition) is 0. The Morgan fingerprint density at radius 1 is 0.153 bits per heavy atom. The number of quaternary nitrogens is 3. The average Bonchev–Trinajstić information content (AvgIpc) is 3.30. The molecule has 0 aromatic rings. The van der Waals surface area contributed by atoms with E-state index in [4.69, 9.17) is 0 Å². The molecule has 0 saturated carbocycles. The molecule has 0 aromatic carbocycles. The summed E-state index contributed by atoms with van der Waals surface area (Å²) >= 11 is 0. The van der Waals surface area contributed by atoms with Crippen molar-refractivity contribution in [3.05, 3.63) is 0 Å². The second kappa shape index (κ2) is 67.9. The van der Waals surface area contributed by atoms with Crippen LogP contribution in [0.3, 0.4) is 0 Å². The molecule has 0 N–H and O–H groups in total. The van der Waals surface area contributed by atoms with Crippen LogP contribution in [0, 0.1) is 0 Å². The smallest absolute Gasteiger partial charge is 0.0782 e. The molecule has 0 spiro atoms. The summed E-state index contributed by atoms with van der Waals surface area (Å²) in [4.78, 5) is 0. The Hall–Kier alpha value is 0.750. The maximum atomic E-state index is 2.40. The van der Waals surface area contributed by atoms with Crippen molar-refractivity contribution >= 4 is 0 Å². The first-order chi connectivity index (χ1) is 33.2. The minimum absolute atomic E-state index is 0. The number of hydrogen-bond donors (Lipinski definition) is 0. The highest BCUT2D eigenvalue weighted by molar-refractivity contribution is 4.53. The van der Waals surface area contributed by atoms with Crippen LogP contribution < -0.4 is 37.2 Å². The van der Waals surface area contributed by atoms with Crippen LogP contribution in [-0.4, -0.2) is 96.0 Å². The first-order valence-electron chi connectivity index (χ1n) is 32.7. The van der Waals surface area contributed by atoms with Crippen molar-refractivity contribution in [3.63, 3.8) is 0 Å². The Balaban J connectivity index is -0.000000223. The van der Waals surface area contributed by atoms with Gasteiger partial charge in [0.05, 0.1) is 82.6 Å². The summed E-state index contributed by atoms with van der Waals surface area (Å²) in [5.74, 6) is 0. The predicted molar refractivity (Wildman–Crippen MR) is 321 cm³/mol. The molecule has 0 atom stereocenters. The van der Waals surface area contributed by atoms with Crippen LogP contribution in [0.25, 0.3) is 0 Å². The van der Waals surface area contributed by atoms with Gasteiger partial charge in [0.25, 0.3) is 0 Å². The summed E-state index contributed by atoms with van der Waals surface area (Å²) in [6.45, 7) is 14.6. The number of nitrogens with zero attached hydrogens (tertiary/aromatic N) is 3. The summed E-state index contributed by atoms with van der Waals surface area (Å²) in [7, 11) is 18.6. The number of halogens is 3. The summed E-state index contributed by atoms with van der Waals surface area (Å²) in [5.41, 5.74) is 0. The van der Waals surface area contributed by atoms with Crippen LogP contribution in [0.5, 0.6) is 0 Å². The lowest BCUT2D eigenvalue weighted by Gasteiger charge is -2.29. The Bertz CT molecular complexity index is 855. The molecule has 0 amide bonds. The van der Waals surface area contributed by atoms with Crippen molar-refractivity contribution in [2.75, 3.05) is 82.6 Å². The van der Waals surface area contributed by atoms with Gasteiger partial charge in [0.2, 0.25) is 0 Å². The van der Waals surface area contributed by atoms with Gasteiger partial charge in [0.15, 0.2) is 0 Å². The standard InChI is InChI=1S/C24H52N.2C21H46N.3ClH/c1-5-7-9-10-11-12-13-14-15-16-17-18-19-20-21-22-24-25(3,4)23-8-6-2;2*1-5-6-7-8-9-10-11-12-13-14-15-16-17-18-19-20-21-22(2,3)4;;;/h5-24H2,1-4H3;2*5-21H2,1-4H3;3*1H/q3*+1;;;/p-3. The van der Waals surface area contributed by atoms with Crippen LogP contribution in [-0.2, 0) is 0 Å². The number of unbranched alkanes of at least 4 members (excludes halogenated alkanes) is 46. The molecule has 0 aliphatic rings. The zero-order chi connectivity index (χ0) is 51.7. The van der Waals surface area contributed by atoms with E-state index >= 15 is 0 Å². The van der Waals surface area contributed by atoms with Gasteiger partial charge in [-0.25, -0.2) is 0 Å². The quantitative estimate of drug-likeness (QED) is 0.0421. The second-order valence-electron chi connectivity index (χ2n) is 25.7. The minimum Gasteiger partial charge on any atom is -1.00 e. The lowest BCUT2D eigenvalue weighted by atomic mass is 10.0. The first-order valence-corrected chi connectivity index (χ1v) is 32.7. The lowest BCUT2D eigenvalue weighted by Crippen LogP contribution is -3.00. The molecule has 444 valence electrons. The fourth-order valence-corrected chi connectivity index (χ4v) is 10.1. The second-order valence-corrected chi connectivity index (χ2v) is 25.7. The Labute approximate surface area is 479 Å². The fourth-order valence-electron chi connectivity index (χ4n) is 10.1. The highest BCUT2D eigenvalue weighted by atomic mass is 35.5. The molecule has 0 aliphatic carbocycles. The van der Waals surface area contributed by atoms with E-state index in [-0.39, 0.29) is 37.2 Å². The van der Waals surface area contributed by atoms with Crippen molar-refractivity contribution in [1.29, 1.82) is 0 Å². The van der Waals surface area contributed by atoms with Gasteiger partial charge in [-0.15, -0.1) is 0 Å². The Kier molecular flexibility index (Phi) is 79.2. The SMILES string of the molecule is CCCCCCCCCCCCCCCCCC[N+](C)(C)C.CCCCCCCCCCCCCCCCCC[N+](C)(C)C.CCCCCCCCCCCCCCCCCC[N+](C)(C)CCCC.[Cl-].[Cl-].[Cl-]. The summed E-state index contributed by atoms with van der Waals surface area (Å²) < 4.78 is 3.48. The van der Waals surface area contributed by atoms with Gasteiger partial charge >= 0.3 is 0 Å². The monoisotopic (exact) mass is 1080 g/mol. The van der Waals surface area contributed by atoms with Crippen LogP contribution in [0.15, 0.2) is 0 Å². The molecule has 0 bridgehead atoms. The van der Waals surface area contributed by atoms with Gasteiger partial charge in [-0.05, 0) is 44.9 Å². The highest BCUT2D eigenvalue weighted by Gasteiger charge is 2.13. The van der Waals surface area contributed by atoms with E-state index < -0.39 is 0 Å². The van der Waals surface area contributed by atoms with E-state index in [1.807, 2.05) is 0 Å². The molecule has 0 radical (unpaired) electrons. The zero-order valence-electron chi connectivity index (χ0n) is 52.7. The van der Waals surface area contributed by atoms with Crippen LogP contribution >= 0.6 is 0 Å². The molecular weight excluding hydrogens is 941 g/mol.